The van der Waals surface area contributed by atoms with E-state index in [-0.39, 0.29) is 17.7 Å². The fourth-order valence-corrected chi connectivity index (χ4v) is 2.92. The molecule has 2 rings (SSSR count). The zero-order chi connectivity index (χ0) is 17.0. The largest absolute Gasteiger partial charge is 0.481 e. The van der Waals surface area contributed by atoms with E-state index in [0.717, 1.165) is 18.2 Å². The summed E-state index contributed by atoms with van der Waals surface area (Å²) in [6, 6.07) is 7.94. The van der Waals surface area contributed by atoms with Gasteiger partial charge in [0.15, 0.2) is 0 Å². The predicted molar refractivity (Wildman–Crippen MR) is 79.6 cm³/mol. The average Bonchev–Trinajstić information content (AvgIpc) is 2.49. The van der Waals surface area contributed by atoms with Gasteiger partial charge in [-0.1, -0.05) is 12.1 Å². The molecule has 23 heavy (non-hydrogen) atoms. The summed E-state index contributed by atoms with van der Waals surface area (Å²) >= 11 is 0. The highest BCUT2D eigenvalue weighted by Crippen LogP contribution is 2.20. The number of carboxylic acids is 1. The minimum Gasteiger partial charge on any atom is -0.481 e. The highest BCUT2D eigenvalue weighted by atomic mass is 32.2. The van der Waals surface area contributed by atoms with Gasteiger partial charge in [0.05, 0.1) is 10.6 Å². The number of sulfonamides is 1. The van der Waals surface area contributed by atoms with Gasteiger partial charge in [0.2, 0.25) is 0 Å². The number of carboxylic acid groups (broad SMARTS) is 1. The molecule has 0 heterocycles. The van der Waals surface area contributed by atoms with Crippen LogP contribution in [0.5, 0.6) is 0 Å². The number of nitrogens with one attached hydrogen (secondary N) is 1. The van der Waals surface area contributed by atoms with Crippen molar-refractivity contribution in [3.63, 3.8) is 0 Å². The number of hydrogen-bond acceptors (Lipinski definition) is 3. The van der Waals surface area contributed by atoms with Crippen LogP contribution in [0.4, 0.5) is 14.5 Å². The maximum atomic E-state index is 13.5. The number of rotatable bonds is 6. The summed E-state index contributed by atoms with van der Waals surface area (Å²) in [5.41, 5.74) is 0.170. The summed E-state index contributed by atoms with van der Waals surface area (Å²) in [4.78, 5) is 10.4. The van der Waals surface area contributed by atoms with Gasteiger partial charge in [-0.15, -0.1) is 0 Å². The summed E-state index contributed by atoms with van der Waals surface area (Å²) in [6.07, 6.45) is 0.195. The van der Waals surface area contributed by atoms with E-state index in [1.165, 1.54) is 24.3 Å². The Hall–Kier alpha value is -2.48. The van der Waals surface area contributed by atoms with E-state index >= 15 is 0 Å². The SMILES string of the molecule is O=C(O)CCc1ccc(S(=O)(=O)Nc2cc(F)ccc2F)cc1. The van der Waals surface area contributed by atoms with E-state index < -0.39 is 33.3 Å². The van der Waals surface area contributed by atoms with Gasteiger partial charge in [0.1, 0.15) is 11.6 Å². The molecule has 0 bridgehead atoms. The number of anilines is 1. The molecule has 0 amide bonds. The van der Waals surface area contributed by atoms with Gasteiger partial charge in [-0.3, -0.25) is 9.52 Å². The van der Waals surface area contributed by atoms with Gasteiger partial charge in [0.25, 0.3) is 10.0 Å². The van der Waals surface area contributed by atoms with E-state index in [1.807, 2.05) is 4.72 Å². The van der Waals surface area contributed by atoms with Gasteiger partial charge in [0, 0.05) is 12.5 Å². The van der Waals surface area contributed by atoms with Crippen LogP contribution in [0.15, 0.2) is 47.4 Å². The zero-order valence-electron chi connectivity index (χ0n) is 11.8. The molecule has 122 valence electrons. The monoisotopic (exact) mass is 341 g/mol. The highest BCUT2D eigenvalue weighted by molar-refractivity contribution is 7.92. The maximum Gasteiger partial charge on any atom is 0.303 e. The van der Waals surface area contributed by atoms with Crippen LogP contribution >= 0.6 is 0 Å². The first-order valence-electron chi connectivity index (χ1n) is 6.56. The predicted octanol–water partition coefficient (Wildman–Crippen LogP) is 2.78. The Morgan fingerprint density at radius 1 is 1.09 bits per heavy atom. The van der Waals surface area contributed by atoms with Crippen molar-refractivity contribution in [3.05, 3.63) is 59.7 Å². The lowest BCUT2D eigenvalue weighted by Crippen LogP contribution is -2.14. The molecule has 0 atom stereocenters. The van der Waals surface area contributed by atoms with Crippen LogP contribution in [0, 0.1) is 11.6 Å². The second-order valence-electron chi connectivity index (χ2n) is 4.77. The van der Waals surface area contributed by atoms with Crippen LogP contribution in [-0.4, -0.2) is 19.5 Å². The van der Waals surface area contributed by atoms with Crippen molar-refractivity contribution in [1.82, 2.24) is 0 Å². The molecule has 8 heteroatoms. The molecule has 5 nitrogen and oxygen atoms in total. The van der Waals surface area contributed by atoms with E-state index in [9.17, 15) is 22.0 Å². The first-order chi connectivity index (χ1) is 10.8. The molecule has 0 saturated carbocycles. The molecular formula is C15H13F2NO4S. The van der Waals surface area contributed by atoms with Crippen molar-refractivity contribution in [3.8, 4) is 0 Å². The van der Waals surface area contributed by atoms with Crippen LogP contribution in [0.25, 0.3) is 0 Å². The Labute approximate surface area is 131 Å². The minimum atomic E-state index is -4.07. The van der Waals surface area contributed by atoms with Crippen molar-refractivity contribution >= 4 is 21.7 Å². The Bertz CT molecular complexity index is 820. The first kappa shape index (κ1) is 16.9. The van der Waals surface area contributed by atoms with Crippen LogP contribution in [-0.2, 0) is 21.2 Å². The second kappa shape index (κ2) is 6.74. The van der Waals surface area contributed by atoms with E-state index in [0.29, 0.717) is 5.56 Å². The highest BCUT2D eigenvalue weighted by Gasteiger charge is 2.16. The Balaban J connectivity index is 2.19. The summed E-state index contributed by atoms with van der Waals surface area (Å²) < 4.78 is 52.9. The standard InChI is InChI=1S/C15H13F2NO4S/c16-11-4-7-13(17)14(9-11)18-23(21,22)12-5-1-10(2-6-12)3-8-15(19)20/h1-2,4-7,9,18H,3,8H2,(H,19,20). The topological polar surface area (TPSA) is 83.5 Å². The normalized spacial score (nSPS) is 11.2. The van der Waals surface area contributed by atoms with E-state index in [1.54, 1.807) is 0 Å². The van der Waals surface area contributed by atoms with E-state index in [4.69, 9.17) is 5.11 Å². The molecule has 2 aromatic carbocycles. The number of hydrogen-bond donors (Lipinski definition) is 2. The quantitative estimate of drug-likeness (QED) is 0.846. The van der Waals surface area contributed by atoms with Crippen molar-refractivity contribution < 1.29 is 27.1 Å². The lowest BCUT2D eigenvalue weighted by molar-refractivity contribution is -0.136. The van der Waals surface area contributed by atoms with Crippen molar-refractivity contribution in [2.45, 2.75) is 17.7 Å². The number of halogens is 2. The Morgan fingerprint density at radius 3 is 2.35 bits per heavy atom. The molecule has 0 fully saturated rings. The van der Waals surface area contributed by atoms with Gasteiger partial charge in [-0.25, -0.2) is 17.2 Å². The number of carbonyl (C=O) groups is 1. The Morgan fingerprint density at radius 2 is 1.74 bits per heavy atom. The van der Waals surface area contributed by atoms with Crippen LogP contribution in [0.3, 0.4) is 0 Å². The molecule has 0 radical (unpaired) electrons. The van der Waals surface area contributed by atoms with Crippen LogP contribution < -0.4 is 4.72 Å². The molecule has 0 spiro atoms. The molecule has 2 N–H and O–H groups in total. The lowest BCUT2D eigenvalue weighted by Gasteiger charge is -2.09. The number of benzene rings is 2. The minimum absolute atomic E-state index is 0.0706. The molecule has 0 saturated heterocycles. The number of aryl methyl sites for hydroxylation is 1. The third kappa shape index (κ3) is 4.49. The van der Waals surface area contributed by atoms with Crippen molar-refractivity contribution in [2.75, 3.05) is 4.72 Å². The third-order valence-electron chi connectivity index (χ3n) is 3.03. The van der Waals surface area contributed by atoms with Crippen molar-refractivity contribution in [2.24, 2.45) is 0 Å². The Kier molecular flexibility index (Phi) is 4.95. The lowest BCUT2D eigenvalue weighted by atomic mass is 10.1. The molecule has 0 unspecified atom stereocenters. The fraction of sp³-hybridized carbons (Fsp3) is 0.133. The molecular weight excluding hydrogens is 328 g/mol. The first-order valence-corrected chi connectivity index (χ1v) is 8.05. The van der Waals surface area contributed by atoms with Crippen molar-refractivity contribution in [1.29, 1.82) is 0 Å². The van der Waals surface area contributed by atoms with Crippen LogP contribution in [0.2, 0.25) is 0 Å². The molecule has 0 aliphatic carbocycles. The molecule has 2 aromatic rings. The summed E-state index contributed by atoms with van der Waals surface area (Å²) in [6.45, 7) is 0. The molecule has 0 aliphatic heterocycles. The molecule has 0 aliphatic rings. The average molecular weight is 341 g/mol. The summed E-state index contributed by atoms with van der Waals surface area (Å²) in [5, 5.41) is 8.60. The van der Waals surface area contributed by atoms with Crippen LogP contribution in [0.1, 0.15) is 12.0 Å². The van der Waals surface area contributed by atoms with Gasteiger partial charge < -0.3 is 5.11 Å². The van der Waals surface area contributed by atoms with Gasteiger partial charge in [-0.05, 0) is 36.2 Å². The second-order valence-corrected chi connectivity index (χ2v) is 6.45. The summed E-state index contributed by atoms with van der Waals surface area (Å²) in [7, 11) is -4.07. The third-order valence-corrected chi connectivity index (χ3v) is 4.42. The fourth-order valence-electron chi connectivity index (χ4n) is 1.87. The smallest absolute Gasteiger partial charge is 0.303 e. The molecule has 0 aromatic heterocycles. The summed E-state index contributed by atoms with van der Waals surface area (Å²) in [5.74, 6) is -2.62. The van der Waals surface area contributed by atoms with E-state index in [2.05, 4.69) is 0 Å². The van der Waals surface area contributed by atoms with Gasteiger partial charge >= 0.3 is 5.97 Å². The maximum absolute atomic E-state index is 13.5. The number of aliphatic carboxylic acids is 1. The van der Waals surface area contributed by atoms with Gasteiger partial charge in [-0.2, -0.15) is 0 Å². The zero-order valence-corrected chi connectivity index (χ0v) is 12.6.